The van der Waals surface area contributed by atoms with E-state index >= 15 is 0 Å². The molecule has 104 valence electrons. The van der Waals surface area contributed by atoms with Crippen LogP contribution in [0.15, 0.2) is 53.3 Å². The summed E-state index contributed by atoms with van der Waals surface area (Å²) < 4.78 is 7.72. The smallest absolute Gasteiger partial charge is 0.120 e. The van der Waals surface area contributed by atoms with Gasteiger partial charge in [-0.25, -0.2) is 0 Å². The fraction of sp³-hybridized carbons (Fsp3) is 0.294. The molecule has 0 saturated heterocycles. The third-order valence-electron chi connectivity index (χ3n) is 3.69. The summed E-state index contributed by atoms with van der Waals surface area (Å²) in [5.41, 5.74) is 2.53. The SMILES string of the molecule is Cc1ccoc1CNCCCn1ccc2ccccc21. The van der Waals surface area contributed by atoms with Crippen molar-refractivity contribution in [3.63, 3.8) is 0 Å². The van der Waals surface area contributed by atoms with Crippen LogP contribution < -0.4 is 5.32 Å². The van der Waals surface area contributed by atoms with Crippen LogP contribution in [0.2, 0.25) is 0 Å². The number of nitrogens with one attached hydrogen (secondary N) is 1. The van der Waals surface area contributed by atoms with Crippen molar-refractivity contribution in [1.82, 2.24) is 9.88 Å². The monoisotopic (exact) mass is 268 g/mol. The summed E-state index contributed by atoms with van der Waals surface area (Å²) in [7, 11) is 0. The third-order valence-corrected chi connectivity index (χ3v) is 3.69. The number of fused-ring (bicyclic) bond motifs is 1. The summed E-state index contributed by atoms with van der Waals surface area (Å²) in [6, 6.07) is 12.7. The van der Waals surface area contributed by atoms with Crippen LogP contribution in [-0.2, 0) is 13.1 Å². The maximum absolute atomic E-state index is 5.41. The number of aryl methyl sites for hydroxylation is 2. The zero-order valence-electron chi connectivity index (χ0n) is 11.8. The normalized spacial score (nSPS) is 11.2. The Hall–Kier alpha value is -2.00. The molecule has 1 aromatic carbocycles. The molecule has 0 aliphatic carbocycles. The van der Waals surface area contributed by atoms with Crippen LogP contribution in [0.1, 0.15) is 17.7 Å². The van der Waals surface area contributed by atoms with Crippen molar-refractivity contribution in [2.45, 2.75) is 26.4 Å². The molecule has 2 heterocycles. The van der Waals surface area contributed by atoms with Gasteiger partial charge in [0.15, 0.2) is 0 Å². The van der Waals surface area contributed by atoms with Gasteiger partial charge in [-0.15, -0.1) is 0 Å². The molecule has 0 atom stereocenters. The van der Waals surface area contributed by atoms with Crippen molar-refractivity contribution < 1.29 is 4.42 Å². The number of benzene rings is 1. The topological polar surface area (TPSA) is 30.1 Å². The molecule has 0 fully saturated rings. The van der Waals surface area contributed by atoms with Crippen LogP contribution in [-0.4, -0.2) is 11.1 Å². The van der Waals surface area contributed by atoms with Crippen LogP contribution in [0.4, 0.5) is 0 Å². The fourth-order valence-corrected chi connectivity index (χ4v) is 2.50. The molecule has 3 rings (SSSR count). The van der Waals surface area contributed by atoms with Crippen LogP contribution in [0.5, 0.6) is 0 Å². The lowest BCUT2D eigenvalue weighted by Crippen LogP contribution is -2.16. The summed E-state index contributed by atoms with van der Waals surface area (Å²) in [5.74, 6) is 1.04. The highest BCUT2D eigenvalue weighted by molar-refractivity contribution is 5.79. The molecule has 0 saturated carbocycles. The number of furan rings is 1. The molecular weight excluding hydrogens is 248 g/mol. The van der Waals surface area contributed by atoms with E-state index < -0.39 is 0 Å². The second-order valence-electron chi connectivity index (χ2n) is 5.13. The average Bonchev–Trinajstić information content (AvgIpc) is 3.06. The first kappa shape index (κ1) is 13.0. The molecule has 0 unspecified atom stereocenters. The predicted octanol–water partition coefficient (Wildman–Crippen LogP) is 3.72. The third kappa shape index (κ3) is 2.78. The molecule has 0 aliphatic heterocycles. The molecule has 0 bridgehead atoms. The molecule has 3 aromatic rings. The highest BCUT2D eigenvalue weighted by Gasteiger charge is 2.01. The molecule has 2 aromatic heterocycles. The molecular formula is C17H20N2O. The summed E-state index contributed by atoms with van der Waals surface area (Å²) in [6.45, 7) is 4.92. The average molecular weight is 268 g/mol. The number of aromatic nitrogens is 1. The molecule has 20 heavy (non-hydrogen) atoms. The Morgan fingerprint density at radius 1 is 1.15 bits per heavy atom. The van der Waals surface area contributed by atoms with E-state index in [4.69, 9.17) is 4.42 Å². The maximum Gasteiger partial charge on any atom is 0.120 e. The lowest BCUT2D eigenvalue weighted by molar-refractivity contribution is 0.474. The van der Waals surface area contributed by atoms with Gasteiger partial charge in [0.25, 0.3) is 0 Å². The van der Waals surface area contributed by atoms with Gasteiger partial charge in [-0.3, -0.25) is 0 Å². The Morgan fingerprint density at radius 2 is 2.05 bits per heavy atom. The summed E-state index contributed by atoms with van der Waals surface area (Å²) in [4.78, 5) is 0. The summed E-state index contributed by atoms with van der Waals surface area (Å²) >= 11 is 0. The Balaban J connectivity index is 1.47. The van der Waals surface area contributed by atoms with E-state index in [1.54, 1.807) is 6.26 Å². The van der Waals surface area contributed by atoms with E-state index in [0.29, 0.717) is 0 Å². The van der Waals surface area contributed by atoms with Crippen molar-refractivity contribution in [2.24, 2.45) is 0 Å². The van der Waals surface area contributed by atoms with E-state index in [-0.39, 0.29) is 0 Å². The quantitative estimate of drug-likeness (QED) is 0.690. The van der Waals surface area contributed by atoms with Gasteiger partial charge in [0.2, 0.25) is 0 Å². The largest absolute Gasteiger partial charge is 0.468 e. The zero-order chi connectivity index (χ0) is 13.8. The van der Waals surface area contributed by atoms with Gasteiger partial charge in [0.1, 0.15) is 5.76 Å². The number of rotatable bonds is 6. The second kappa shape index (κ2) is 5.97. The van der Waals surface area contributed by atoms with Crippen LogP contribution in [0, 0.1) is 6.92 Å². The molecule has 0 spiro atoms. The molecule has 1 N–H and O–H groups in total. The van der Waals surface area contributed by atoms with Crippen molar-refractivity contribution >= 4 is 10.9 Å². The molecule has 0 radical (unpaired) electrons. The van der Waals surface area contributed by atoms with E-state index in [2.05, 4.69) is 53.3 Å². The van der Waals surface area contributed by atoms with E-state index in [1.807, 2.05) is 6.07 Å². The lowest BCUT2D eigenvalue weighted by atomic mass is 10.2. The summed E-state index contributed by atoms with van der Waals surface area (Å²) in [5, 5.41) is 4.74. The minimum atomic E-state index is 0.811. The number of hydrogen-bond acceptors (Lipinski definition) is 2. The van der Waals surface area contributed by atoms with E-state index in [0.717, 1.165) is 31.8 Å². The first-order valence-corrected chi connectivity index (χ1v) is 7.12. The van der Waals surface area contributed by atoms with Gasteiger partial charge in [0, 0.05) is 18.3 Å². The van der Waals surface area contributed by atoms with Crippen LogP contribution in [0.3, 0.4) is 0 Å². The predicted molar refractivity (Wildman–Crippen MR) is 81.7 cm³/mol. The standard InChI is InChI=1S/C17H20N2O/c1-14-8-12-20-17(14)13-18-9-4-10-19-11-7-15-5-2-3-6-16(15)19/h2-3,5-8,11-12,18H,4,9-10,13H2,1H3. The minimum absolute atomic E-state index is 0.811. The highest BCUT2D eigenvalue weighted by Crippen LogP contribution is 2.15. The van der Waals surface area contributed by atoms with Crippen LogP contribution in [0.25, 0.3) is 10.9 Å². The van der Waals surface area contributed by atoms with Gasteiger partial charge in [-0.1, -0.05) is 18.2 Å². The summed E-state index contributed by atoms with van der Waals surface area (Å²) in [6.07, 6.45) is 5.03. The number of para-hydroxylation sites is 1. The maximum atomic E-state index is 5.41. The first-order valence-electron chi connectivity index (χ1n) is 7.12. The molecule has 3 nitrogen and oxygen atoms in total. The fourth-order valence-electron chi connectivity index (χ4n) is 2.50. The first-order chi connectivity index (χ1) is 9.84. The van der Waals surface area contributed by atoms with Gasteiger partial charge in [-0.2, -0.15) is 0 Å². The zero-order valence-corrected chi connectivity index (χ0v) is 11.8. The van der Waals surface area contributed by atoms with Crippen LogP contribution >= 0.6 is 0 Å². The Morgan fingerprint density at radius 3 is 2.90 bits per heavy atom. The van der Waals surface area contributed by atoms with Gasteiger partial charge in [0.05, 0.1) is 12.8 Å². The second-order valence-corrected chi connectivity index (χ2v) is 5.13. The van der Waals surface area contributed by atoms with Crippen molar-refractivity contribution in [1.29, 1.82) is 0 Å². The molecule has 3 heteroatoms. The molecule has 0 aliphatic rings. The van der Waals surface area contributed by atoms with Crippen molar-refractivity contribution in [2.75, 3.05) is 6.54 Å². The highest BCUT2D eigenvalue weighted by atomic mass is 16.3. The van der Waals surface area contributed by atoms with Gasteiger partial charge in [-0.05, 0) is 49.0 Å². The van der Waals surface area contributed by atoms with E-state index in [1.165, 1.54) is 16.5 Å². The van der Waals surface area contributed by atoms with Gasteiger partial charge < -0.3 is 14.3 Å². The van der Waals surface area contributed by atoms with E-state index in [9.17, 15) is 0 Å². The Kier molecular flexibility index (Phi) is 3.88. The van der Waals surface area contributed by atoms with Gasteiger partial charge >= 0.3 is 0 Å². The minimum Gasteiger partial charge on any atom is -0.468 e. The lowest BCUT2D eigenvalue weighted by Gasteiger charge is -2.06. The Labute approximate surface area is 119 Å². The molecule has 0 amide bonds. The Bertz CT molecular complexity index is 681. The number of nitrogens with zero attached hydrogens (tertiary/aromatic N) is 1. The van der Waals surface area contributed by atoms with Crippen molar-refractivity contribution in [3.05, 3.63) is 60.2 Å². The number of hydrogen-bond donors (Lipinski definition) is 1. The van der Waals surface area contributed by atoms with Crippen molar-refractivity contribution in [3.8, 4) is 0 Å².